The molecule has 1 saturated heterocycles. The molecule has 110 valence electrons. The molecule has 2 rings (SSSR count). The number of hydrogen-bond acceptors (Lipinski definition) is 2. The predicted octanol–water partition coefficient (Wildman–Crippen LogP) is 3.71. The molecule has 0 radical (unpaired) electrons. The van der Waals surface area contributed by atoms with Crippen LogP contribution in [-0.2, 0) is 0 Å². The van der Waals surface area contributed by atoms with Crippen LogP contribution in [0.15, 0.2) is 22.7 Å². The largest absolute Gasteiger partial charge is 0.350 e. The Bertz CT molecular complexity index is 475. The third kappa shape index (κ3) is 3.96. The Morgan fingerprint density at radius 3 is 2.80 bits per heavy atom. The van der Waals surface area contributed by atoms with Crippen molar-refractivity contribution in [1.29, 1.82) is 0 Å². The summed E-state index contributed by atoms with van der Waals surface area (Å²) in [4.78, 5) is 14.6. The Balaban J connectivity index is 1.89. The van der Waals surface area contributed by atoms with Gasteiger partial charge in [0.15, 0.2) is 0 Å². The highest BCUT2D eigenvalue weighted by molar-refractivity contribution is 9.10. The van der Waals surface area contributed by atoms with Crippen molar-refractivity contribution in [3.63, 3.8) is 0 Å². The number of carbonyl (C=O) groups is 1. The average Bonchev–Trinajstić information content (AvgIpc) is 2.48. The number of amides is 1. The first-order valence-electron chi connectivity index (χ1n) is 7.06. The van der Waals surface area contributed by atoms with E-state index in [1.165, 1.54) is 19.3 Å². The Kier molecular flexibility index (Phi) is 5.87. The Morgan fingerprint density at radius 1 is 1.40 bits per heavy atom. The lowest BCUT2D eigenvalue weighted by molar-refractivity contribution is 0.0930. The molecule has 1 aromatic carbocycles. The summed E-state index contributed by atoms with van der Waals surface area (Å²) >= 11 is 9.47. The molecule has 0 aliphatic carbocycles. The second-order valence-electron chi connectivity index (χ2n) is 5.26. The van der Waals surface area contributed by atoms with Crippen LogP contribution < -0.4 is 5.32 Å². The minimum absolute atomic E-state index is 0.111. The Labute approximate surface area is 133 Å². The van der Waals surface area contributed by atoms with Gasteiger partial charge in [0.25, 0.3) is 5.91 Å². The molecule has 0 saturated carbocycles. The fourth-order valence-electron chi connectivity index (χ4n) is 2.50. The third-order valence-electron chi connectivity index (χ3n) is 3.77. The van der Waals surface area contributed by atoms with Crippen molar-refractivity contribution in [3.8, 4) is 0 Å². The van der Waals surface area contributed by atoms with E-state index in [4.69, 9.17) is 11.6 Å². The number of carbonyl (C=O) groups excluding carboxylic acids is 1. The lowest BCUT2D eigenvalue weighted by atomic mass is 10.1. The van der Waals surface area contributed by atoms with Gasteiger partial charge in [-0.25, -0.2) is 0 Å². The molecule has 1 unspecified atom stereocenters. The molecule has 1 N–H and O–H groups in total. The van der Waals surface area contributed by atoms with Crippen LogP contribution in [0.3, 0.4) is 0 Å². The van der Waals surface area contributed by atoms with Gasteiger partial charge in [0.1, 0.15) is 0 Å². The number of hydrogen-bond donors (Lipinski definition) is 1. The summed E-state index contributed by atoms with van der Waals surface area (Å²) in [7, 11) is 0. The van der Waals surface area contributed by atoms with E-state index >= 15 is 0 Å². The summed E-state index contributed by atoms with van der Waals surface area (Å²) in [6, 6.07) is 5.76. The van der Waals surface area contributed by atoms with E-state index in [9.17, 15) is 4.79 Å². The van der Waals surface area contributed by atoms with E-state index < -0.39 is 0 Å². The van der Waals surface area contributed by atoms with Crippen LogP contribution in [0, 0.1) is 0 Å². The van der Waals surface area contributed by atoms with Crippen LogP contribution in [0.5, 0.6) is 0 Å². The second-order valence-corrected chi connectivity index (χ2v) is 6.49. The third-order valence-corrected chi connectivity index (χ3v) is 5.06. The molecule has 20 heavy (non-hydrogen) atoms. The first kappa shape index (κ1) is 15.8. The summed E-state index contributed by atoms with van der Waals surface area (Å²) < 4.78 is 0.746. The van der Waals surface area contributed by atoms with Gasteiger partial charge in [-0.1, -0.05) is 24.1 Å². The molecular weight excluding hydrogens is 340 g/mol. The van der Waals surface area contributed by atoms with Gasteiger partial charge in [-0.2, -0.15) is 0 Å². The van der Waals surface area contributed by atoms with Crippen molar-refractivity contribution in [2.45, 2.75) is 32.2 Å². The molecule has 1 aromatic rings. The van der Waals surface area contributed by atoms with E-state index in [2.05, 4.69) is 33.1 Å². The van der Waals surface area contributed by atoms with Crippen molar-refractivity contribution in [2.24, 2.45) is 0 Å². The van der Waals surface area contributed by atoms with Crippen molar-refractivity contribution in [3.05, 3.63) is 33.3 Å². The topological polar surface area (TPSA) is 32.3 Å². The van der Waals surface area contributed by atoms with E-state index in [0.29, 0.717) is 23.2 Å². The van der Waals surface area contributed by atoms with Crippen LogP contribution in [0.2, 0.25) is 5.02 Å². The van der Waals surface area contributed by atoms with Gasteiger partial charge in [0.05, 0.1) is 10.6 Å². The number of rotatable bonds is 4. The lowest BCUT2D eigenvalue weighted by Gasteiger charge is -2.32. The molecule has 1 aliphatic heterocycles. The summed E-state index contributed by atoms with van der Waals surface area (Å²) in [5.41, 5.74) is 0.520. The van der Waals surface area contributed by atoms with Crippen molar-refractivity contribution < 1.29 is 4.79 Å². The fraction of sp³-hybridized carbons (Fsp3) is 0.533. The molecular formula is C15H20BrClN2O. The van der Waals surface area contributed by atoms with E-state index in [1.54, 1.807) is 6.07 Å². The number of nitrogens with zero attached hydrogens (tertiary/aromatic N) is 1. The van der Waals surface area contributed by atoms with E-state index in [-0.39, 0.29) is 5.91 Å². The number of halogens is 2. The molecule has 3 nitrogen and oxygen atoms in total. The number of benzene rings is 1. The fourth-order valence-corrected chi connectivity index (χ4v) is 3.08. The number of nitrogens with one attached hydrogen (secondary N) is 1. The first-order chi connectivity index (χ1) is 9.59. The Hall–Kier alpha value is -0.580. The summed E-state index contributed by atoms with van der Waals surface area (Å²) in [6.45, 7) is 5.08. The molecule has 1 amide bonds. The zero-order chi connectivity index (χ0) is 14.5. The standard InChI is InChI=1S/C15H20BrClN2O/c1-11(19-8-3-2-4-9-19)10-18-15(20)12-6-5-7-13(16)14(12)17/h5-7,11H,2-4,8-10H2,1H3,(H,18,20). The summed E-state index contributed by atoms with van der Waals surface area (Å²) in [5, 5.41) is 3.45. The van der Waals surface area contributed by atoms with E-state index in [1.807, 2.05) is 12.1 Å². The van der Waals surface area contributed by atoms with Crippen LogP contribution >= 0.6 is 27.5 Å². The number of piperidine rings is 1. The van der Waals surface area contributed by atoms with Crippen molar-refractivity contribution in [2.75, 3.05) is 19.6 Å². The predicted molar refractivity (Wildman–Crippen MR) is 86.4 cm³/mol. The quantitative estimate of drug-likeness (QED) is 0.889. The summed E-state index contributed by atoms with van der Waals surface area (Å²) in [6.07, 6.45) is 3.84. The van der Waals surface area contributed by atoms with Crippen LogP contribution in [0.25, 0.3) is 0 Å². The lowest BCUT2D eigenvalue weighted by Crippen LogP contribution is -2.44. The Morgan fingerprint density at radius 2 is 2.10 bits per heavy atom. The number of likely N-dealkylation sites (tertiary alicyclic amines) is 1. The smallest absolute Gasteiger partial charge is 0.252 e. The van der Waals surface area contributed by atoms with Crippen molar-refractivity contribution in [1.82, 2.24) is 10.2 Å². The molecule has 0 aromatic heterocycles. The van der Waals surface area contributed by atoms with Gasteiger partial charge >= 0.3 is 0 Å². The van der Waals surface area contributed by atoms with Crippen LogP contribution in [0.1, 0.15) is 36.5 Å². The second kappa shape index (κ2) is 7.43. The van der Waals surface area contributed by atoms with Crippen LogP contribution in [-0.4, -0.2) is 36.5 Å². The maximum atomic E-state index is 12.2. The first-order valence-corrected chi connectivity index (χ1v) is 8.23. The van der Waals surface area contributed by atoms with Gasteiger partial charge in [0, 0.05) is 17.1 Å². The van der Waals surface area contributed by atoms with Gasteiger partial charge in [-0.3, -0.25) is 9.69 Å². The van der Waals surface area contributed by atoms with Gasteiger partial charge in [-0.15, -0.1) is 0 Å². The zero-order valence-electron chi connectivity index (χ0n) is 11.7. The van der Waals surface area contributed by atoms with Gasteiger partial charge in [-0.05, 0) is 60.9 Å². The summed E-state index contributed by atoms with van der Waals surface area (Å²) in [5.74, 6) is -0.111. The SMILES string of the molecule is CC(CNC(=O)c1cccc(Br)c1Cl)N1CCCCC1. The molecule has 1 aliphatic rings. The molecule has 5 heteroatoms. The molecule has 0 bridgehead atoms. The highest BCUT2D eigenvalue weighted by Crippen LogP contribution is 2.25. The normalized spacial score (nSPS) is 17.8. The maximum Gasteiger partial charge on any atom is 0.252 e. The molecule has 1 heterocycles. The van der Waals surface area contributed by atoms with Gasteiger partial charge in [0.2, 0.25) is 0 Å². The van der Waals surface area contributed by atoms with E-state index in [0.717, 1.165) is 17.6 Å². The highest BCUT2D eigenvalue weighted by Gasteiger charge is 2.18. The van der Waals surface area contributed by atoms with Gasteiger partial charge < -0.3 is 5.32 Å². The van der Waals surface area contributed by atoms with Crippen LogP contribution in [0.4, 0.5) is 0 Å². The molecule has 1 atom stereocenters. The maximum absolute atomic E-state index is 12.2. The zero-order valence-corrected chi connectivity index (χ0v) is 14.0. The monoisotopic (exact) mass is 358 g/mol. The minimum atomic E-state index is -0.111. The van der Waals surface area contributed by atoms with Crippen molar-refractivity contribution >= 4 is 33.4 Å². The molecule has 1 fully saturated rings. The average molecular weight is 360 g/mol. The highest BCUT2D eigenvalue weighted by atomic mass is 79.9. The minimum Gasteiger partial charge on any atom is -0.350 e. The molecule has 0 spiro atoms.